The van der Waals surface area contributed by atoms with Crippen LogP contribution in [0, 0.1) is 0 Å². The van der Waals surface area contributed by atoms with Crippen molar-refractivity contribution in [1.29, 1.82) is 0 Å². The lowest BCUT2D eigenvalue weighted by atomic mass is 10.2. The van der Waals surface area contributed by atoms with Gasteiger partial charge in [0.1, 0.15) is 16.6 Å². The summed E-state index contributed by atoms with van der Waals surface area (Å²) in [6, 6.07) is 8.54. The first kappa shape index (κ1) is 19.2. The first-order chi connectivity index (χ1) is 12.9. The molecule has 3 rings (SSSR count). The first-order valence-electron chi connectivity index (χ1n) is 8.17. The van der Waals surface area contributed by atoms with Gasteiger partial charge in [0.25, 0.3) is 0 Å². The fourth-order valence-corrected chi connectivity index (χ4v) is 3.05. The van der Waals surface area contributed by atoms with Crippen LogP contribution in [0.4, 0.5) is 0 Å². The van der Waals surface area contributed by atoms with Crippen LogP contribution in [-0.2, 0) is 16.1 Å². The van der Waals surface area contributed by atoms with E-state index in [-0.39, 0.29) is 11.8 Å². The van der Waals surface area contributed by atoms with Crippen LogP contribution in [0.2, 0.25) is 10.2 Å². The Kier molecular flexibility index (Phi) is 5.68. The second-order valence-electron chi connectivity index (χ2n) is 5.77. The van der Waals surface area contributed by atoms with E-state index < -0.39 is 11.9 Å². The van der Waals surface area contributed by atoms with E-state index in [2.05, 4.69) is 4.98 Å². The zero-order chi connectivity index (χ0) is 19.6. The number of hydrogen-bond acceptors (Lipinski definition) is 5. The molecule has 6 nitrogen and oxygen atoms in total. The number of pyridine rings is 1. The molecule has 0 aliphatic heterocycles. The van der Waals surface area contributed by atoms with Crippen molar-refractivity contribution < 1.29 is 19.1 Å². The Morgan fingerprint density at radius 3 is 2.63 bits per heavy atom. The van der Waals surface area contributed by atoms with Gasteiger partial charge in [-0.05, 0) is 42.8 Å². The Hall–Kier alpha value is -2.57. The molecule has 0 saturated heterocycles. The van der Waals surface area contributed by atoms with Gasteiger partial charge in [-0.15, -0.1) is 0 Å². The zero-order valence-corrected chi connectivity index (χ0v) is 16.2. The first-order valence-corrected chi connectivity index (χ1v) is 8.93. The molecule has 3 aromatic rings. The fourth-order valence-electron chi connectivity index (χ4n) is 2.75. The van der Waals surface area contributed by atoms with Crippen molar-refractivity contribution in [3.63, 3.8) is 0 Å². The largest absolute Gasteiger partial charge is 0.461 e. The molecule has 0 aliphatic rings. The Balaban J connectivity index is 2.08. The minimum atomic E-state index is -0.448. The molecule has 0 fully saturated rings. The highest BCUT2D eigenvalue weighted by atomic mass is 35.5. The van der Waals surface area contributed by atoms with Crippen molar-refractivity contribution in [1.82, 2.24) is 9.55 Å². The Labute approximate surface area is 165 Å². The van der Waals surface area contributed by atoms with Gasteiger partial charge < -0.3 is 14.0 Å². The predicted octanol–water partition coefficient (Wildman–Crippen LogP) is 4.49. The number of hydrogen-bond donors (Lipinski definition) is 0. The monoisotopic (exact) mass is 406 g/mol. The summed E-state index contributed by atoms with van der Waals surface area (Å²) in [6.45, 7) is 3.67. The van der Waals surface area contributed by atoms with Crippen LogP contribution in [0.3, 0.4) is 0 Å². The molecule has 8 heteroatoms. The van der Waals surface area contributed by atoms with Crippen molar-refractivity contribution in [3.05, 3.63) is 58.0 Å². The molecule has 0 N–H and O–H groups in total. The molecule has 0 unspecified atom stereocenters. The van der Waals surface area contributed by atoms with Crippen molar-refractivity contribution in [2.45, 2.75) is 20.4 Å². The van der Waals surface area contributed by atoms with Gasteiger partial charge in [0.2, 0.25) is 0 Å². The van der Waals surface area contributed by atoms with Gasteiger partial charge in [0.15, 0.2) is 0 Å². The Bertz CT molecular complexity index is 1030. The summed E-state index contributed by atoms with van der Waals surface area (Å²) in [5.74, 6) is -0.462. The van der Waals surface area contributed by atoms with E-state index in [0.29, 0.717) is 23.0 Å². The third-order valence-electron chi connectivity index (χ3n) is 3.81. The molecule has 0 radical (unpaired) electrons. The lowest BCUT2D eigenvalue weighted by Crippen LogP contribution is -2.13. The van der Waals surface area contributed by atoms with Crippen molar-refractivity contribution >= 4 is 46.0 Å². The number of fused-ring (bicyclic) bond motifs is 1. The highest BCUT2D eigenvalue weighted by molar-refractivity contribution is 6.41. The molecule has 0 aliphatic carbocycles. The molecule has 0 saturated carbocycles. The zero-order valence-electron chi connectivity index (χ0n) is 14.7. The second-order valence-corrected chi connectivity index (χ2v) is 6.53. The fraction of sp³-hybridized carbons (Fsp3) is 0.211. The second kappa shape index (κ2) is 7.98. The average Bonchev–Trinajstić information content (AvgIpc) is 2.96. The molecule has 0 spiro atoms. The topological polar surface area (TPSA) is 70.4 Å². The minimum absolute atomic E-state index is 0.217. The van der Waals surface area contributed by atoms with Gasteiger partial charge in [0, 0.05) is 30.6 Å². The van der Waals surface area contributed by atoms with Gasteiger partial charge in [-0.3, -0.25) is 4.79 Å². The van der Waals surface area contributed by atoms with Crippen molar-refractivity contribution in [2.24, 2.45) is 0 Å². The quantitative estimate of drug-likeness (QED) is 0.354. The summed E-state index contributed by atoms with van der Waals surface area (Å²) in [5.41, 5.74) is 1.93. The van der Waals surface area contributed by atoms with Gasteiger partial charge in [-0.1, -0.05) is 23.2 Å². The summed E-state index contributed by atoms with van der Waals surface area (Å²) in [5, 5.41) is 1.29. The highest BCUT2D eigenvalue weighted by Crippen LogP contribution is 2.27. The molecule has 1 aromatic carbocycles. The number of nitrogens with zero attached hydrogens (tertiary/aromatic N) is 2. The van der Waals surface area contributed by atoms with Gasteiger partial charge in [0.05, 0.1) is 11.6 Å². The molecule has 0 amide bonds. The number of benzene rings is 1. The molecular formula is C19H16Cl2N2O4. The highest BCUT2D eigenvalue weighted by Gasteiger charge is 2.18. The lowest BCUT2D eigenvalue weighted by Gasteiger charge is -2.11. The molecule has 0 bridgehead atoms. The van der Waals surface area contributed by atoms with E-state index in [1.807, 2.05) is 0 Å². The number of aromatic nitrogens is 2. The van der Waals surface area contributed by atoms with Gasteiger partial charge >= 0.3 is 11.9 Å². The molecular weight excluding hydrogens is 391 g/mol. The third-order valence-corrected chi connectivity index (χ3v) is 4.50. The number of esters is 2. The molecule has 27 heavy (non-hydrogen) atoms. The summed E-state index contributed by atoms with van der Waals surface area (Å²) < 4.78 is 12.1. The number of carbonyl (C=O) groups is 2. The molecule has 2 aromatic heterocycles. The average molecular weight is 407 g/mol. The maximum absolute atomic E-state index is 12.4. The molecule has 0 atom stereocenters. The van der Waals surface area contributed by atoms with Gasteiger partial charge in [-0.2, -0.15) is 0 Å². The number of carbonyl (C=O) groups excluding carboxylic acids is 2. The minimum Gasteiger partial charge on any atom is -0.461 e. The van der Waals surface area contributed by atoms with E-state index >= 15 is 0 Å². The standard InChI is InChI=1S/C19H16Cl2N2O4/c1-3-26-19(25)17-8-13-7-14(27-11(2)24)4-5-16(13)23(17)10-12-6-15(20)18(21)22-9-12/h4-9H,3,10H2,1-2H3. The van der Waals surface area contributed by atoms with Crippen LogP contribution < -0.4 is 4.74 Å². The van der Waals surface area contributed by atoms with E-state index in [9.17, 15) is 9.59 Å². The van der Waals surface area contributed by atoms with E-state index in [0.717, 1.165) is 16.5 Å². The summed E-state index contributed by atoms with van der Waals surface area (Å²) in [4.78, 5) is 27.6. The predicted molar refractivity (Wildman–Crippen MR) is 103 cm³/mol. The number of ether oxygens (including phenoxy) is 2. The Morgan fingerprint density at radius 2 is 1.96 bits per heavy atom. The van der Waals surface area contributed by atoms with Crippen LogP contribution in [0.5, 0.6) is 5.75 Å². The normalized spacial score (nSPS) is 10.8. The van der Waals surface area contributed by atoms with Gasteiger partial charge in [-0.25, -0.2) is 9.78 Å². The summed E-state index contributed by atoms with van der Waals surface area (Å²) in [7, 11) is 0. The van der Waals surface area contributed by atoms with Crippen LogP contribution in [-0.4, -0.2) is 28.1 Å². The SMILES string of the molecule is CCOC(=O)c1cc2cc(OC(C)=O)ccc2n1Cc1cnc(Cl)c(Cl)c1. The lowest BCUT2D eigenvalue weighted by molar-refractivity contribution is -0.131. The van der Waals surface area contributed by atoms with Crippen LogP contribution >= 0.6 is 23.2 Å². The van der Waals surface area contributed by atoms with Crippen molar-refractivity contribution in [2.75, 3.05) is 6.61 Å². The smallest absolute Gasteiger partial charge is 0.354 e. The third kappa shape index (κ3) is 4.23. The Morgan fingerprint density at radius 1 is 1.19 bits per heavy atom. The van der Waals surface area contributed by atoms with E-state index in [4.69, 9.17) is 32.7 Å². The van der Waals surface area contributed by atoms with Crippen LogP contribution in [0.1, 0.15) is 29.9 Å². The maximum atomic E-state index is 12.4. The van der Waals surface area contributed by atoms with Crippen molar-refractivity contribution in [3.8, 4) is 5.75 Å². The summed E-state index contributed by atoms with van der Waals surface area (Å²) >= 11 is 11.9. The molecule has 2 heterocycles. The summed E-state index contributed by atoms with van der Waals surface area (Å²) in [6.07, 6.45) is 1.60. The maximum Gasteiger partial charge on any atom is 0.354 e. The van der Waals surface area contributed by atoms with E-state index in [1.54, 1.807) is 48.0 Å². The van der Waals surface area contributed by atoms with E-state index in [1.165, 1.54) is 6.92 Å². The van der Waals surface area contributed by atoms with Crippen LogP contribution in [0.25, 0.3) is 10.9 Å². The van der Waals surface area contributed by atoms with Crippen LogP contribution in [0.15, 0.2) is 36.5 Å². The molecule has 140 valence electrons. The number of halogens is 2. The number of rotatable bonds is 5.